The van der Waals surface area contributed by atoms with Crippen molar-refractivity contribution in [1.82, 2.24) is 14.6 Å². The van der Waals surface area contributed by atoms with E-state index in [0.717, 1.165) is 17.7 Å². The average molecular weight is 396 g/mol. The lowest BCUT2D eigenvalue weighted by molar-refractivity contribution is 0.0286. The predicted octanol–water partition coefficient (Wildman–Crippen LogP) is 3.60. The Balaban J connectivity index is 2.12. The predicted molar refractivity (Wildman–Crippen MR) is 109 cm³/mol. The number of aryl methyl sites for hydroxylation is 1. The lowest BCUT2D eigenvalue weighted by atomic mass is 9.96. The third-order valence-corrected chi connectivity index (χ3v) is 5.83. The van der Waals surface area contributed by atoms with Crippen LogP contribution in [0.25, 0.3) is 0 Å². The molecule has 1 aliphatic rings. The Hall–Kier alpha value is -1.47. The normalized spacial score (nSPS) is 20.0. The van der Waals surface area contributed by atoms with Gasteiger partial charge in [0.05, 0.1) is 22.7 Å². The molecule has 152 valence electrons. The van der Waals surface area contributed by atoms with E-state index in [9.17, 15) is 9.00 Å². The third-order valence-electron chi connectivity index (χ3n) is 4.34. The Labute approximate surface area is 165 Å². The first-order valence-electron chi connectivity index (χ1n) is 9.60. The molecule has 0 spiro atoms. The van der Waals surface area contributed by atoms with Crippen molar-refractivity contribution < 1.29 is 13.7 Å². The van der Waals surface area contributed by atoms with Crippen LogP contribution in [-0.4, -0.2) is 44.6 Å². The molecule has 2 unspecified atom stereocenters. The van der Waals surface area contributed by atoms with Gasteiger partial charge in [0, 0.05) is 31.0 Å². The maximum atomic E-state index is 12.5. The molecule has 1 aliphatic heterocycles. The summed E-state index contributed by atoms with van der Waals surface area (Å²) in [5, 5.41) is 0. The van der Waals surface area contributed by atoms with Gasteiger partial charge in [0.15, 0.2) is 0 Å². The monoisotopic (exact) mass is 395 g/mol. The van der Waals surface area contributed by atoms with E-state index in [4.69, 9.17) is 4.74 Å². The van der Waals surface area contributed by atoms with Gasteiger partial charge in [0.1, 0.15) is 5.60 Å². The Kier molecular flexibility index (Phi) is 7.40. The van der Waals surface area contributed by atoms with Gasteiger partial charge in [-0.15, -0.1) is 0 Å². The third kappa shape index (κ3) is 6.88. The smallest absolute Gasteiger partial charge is 0.410 e. The van der Waals surface area contributed by atoms with Crippen LogP contribution in [0.15, 0.2) is 18.3 Å². The van der Waals surface area contributed by atoms with Crippen molar-refractivity contribution in [2.24, 2.45) is 11.8 Å². The van der Waals surface area contributed by atoms with Crippen molar-refractivity contribution in [3.63, 3.8) is 0 Å². The SMILES string of the molecule is Cc1ccc(C(NS(=O)CC(C)C)[C@@H]2CCN(C(=O)OC(C)(C)C)C2)nc1. The second-order valence-electron chi connectivity index (χ2n) is 8.74. The summed E-state index contributed by atoms with van der Waals surface area (Å²) >= 11 is 0. The van der Waals surface area contributed by atoms with E-state index in [1.165, 1.54) is 0 Å². The number of rotatable bonds is 6. The topological polar surface area (TPSA) is 71.5 Å². The minimum atomic E-state index is -1.14. The average Bonchev–Trinajstić information content (AvgIpc) is 3.01. The molecule has 1 amide bonds. The molecule has 1 aromatic rings. The summed E-state index contributed by atoms with van der Waals surface area (Å²) < 4.78 is 21.3. The molecule has 1 saturated heterocycles. The molecule has 0 aliphatic carbocycles. The zero-order valence-corrected chi connectivity index (χ0v) is 18.1. The summed E-state index contributed by atoms with van der Waals surface area (Å²) in [5.41, 5.74) is 1.45. The number of hydrogen-bond donors (Lipinski definition) is 1. The van der Waals surface area contributed by atoms with Crippen LogP contribution in [0.5, 0.6) is 0 Å². The molecule has 1 N–H and O–H groups in total. The molecule has 7 heteroatoms. The Morgan fingerprint density at radius 1 is 1.41 bits per heavy atom. The van der Waals surface area contributed by atoms with Gasteiger partial charge < -0.3 is 9.64 Å². The van der Waals surface area contributed by atoms with Crippen LogP contribution in [0.3, 0.4) is 0 Å². The summed E-state index contributed by atoms with van der Waals surface area (Å²) in [7, 11) is -1.14. The first-order valence-corrected chi connectivity index (χ1v) is 10.9. The maximum absolute atomic E-state index is 12.5. The highest BCUT2D eigenvalue weighted by Gasteiger charge is 2.36. The largest absolute Gasteiger partial charge is 0.444 e. The van der Waals surface area contributed by atoms with Gasteiger partial charge in [-0.2, -0.15) is 0 Å². The first-order chi connectivity index (χ1) is 12.5. The molecule has 3 atom stereocenters. The van der Waals surface area contributed by atoms with Gasteiger partial charge in [-0.1, -0.05) is 19.9 Å². The second kappa shape index (κ2) is 9.15. The standard InChI is InChI=1S/C20H33N3O3S/c1-14(2)13-27(25)22-18(17-8-7-15(3)11-21-17)16-9-10-23(12-16)19(24)26-20(4,5)6/h7-8,11,14,16,18,22H,9-10,12-13H2,1-6H3/t16-,18?,27?/m1/s1. The number of likely N-dealkylation sites (tertiary alicyclic amines) is 1. The van der Waals surface area contributed by atoms with Crippen molar-refractivity contribution in [1.29, 1.82) is 0 Å². The highest BCUT2D eigenvalue weighted by atomic mass is 32.2. The van der Waals surface area contributed by atoms with Crippen LogP contribution in [0.1, 0.15) is 58.3 Å². The van der Waals surface area contributed by atoms with Gasteiger partial charge in [-0.05, 0) is 51.7 Å². The number of amides is 1. The van der Waals surface area contributed by atoms with Gasteiger partial charge >= 0.3 is 6.09 Å². The zero-order valence-electron chi connectivity index (χ0n) is 17.3. The van der Waals surface area contributed by atoms with Gasteiger partial charge in [0.25, 0.3) is 0 Å². The number of ether oxygens (including phenoxy) is 1. The Morgan fingerprint density at radius 3 is 2.67 bits per heavy atom. The lowest BCUT2D eigenvalue weighted by Crippen LogP contribution is -2.37. The van der Waals surface area contributed by atoms with E-state index >= 15 is 0 Å². The van der Waals surface area contributed by atoms with E-state index in [1.54, 1.807) is 4.90 Å². The molecule has 0 radical (unpaired) electrons. The minimum Gasteiger partial charge on any atom is -0.444 e. The van der Waals surface area contributed by atoms with Crippen LogP contribution in [0, 0.1) is 18.8 Å². The molecule has 2 heterocycles. The molecule has 0 bridgehead atoms. The van der Waals surface area contributed by atoms with E-state index in [1.807, 2.05) is 46.0 Å². The van der Waals surface area contributed by atoms with Gasteiger partial charge in [0.2, 0.25) is 0 Å². The maximum Gasteiger partial charge on any atom is 0.410 e. The van der Waals surface area contributed by atoms with Crippen molar-refractivity contribution in [2.45, 2.75) is 59.6 Å². The highest BCUT2D eigenvalue weighted by Crippen LogP contribution is 2.30. The molecule has 6 nitrogen and oxygen atoms in total. The number of carbonyl (C=O) groups excluding carboxylic acids is 1. The molecule has 2 rings (SSSR count). The van der Waals surface area contributed by atoms with Crippen LogP contribution < -0.4 is 4.72 Å². The first kappa shape index (κ1) is 21.8. The summed E-state index contributed by atoms with van der Waals surface area (Å²) in [4.78, 5) is 18.7. The molecular formula is C20H33N3O3S. The van der Waals surface area contributed by atoms with Crippen LogP contribution in [0.2, 0.25) is 0 Å². The fourth-order valence-electron chi connectivity index (χ4n) is 3.11. The Bertz CT molecular complexity index is 655. The molecule has 0 aromatic carbocycles. The summed E-state index contributed by atoms with van der Waals surface area (Å²) in [6, 6.07) is 3.84. The number of hydrogen-bond acceptors (Lipinski definition) is 4. The van der Waals surface area contributed by atoms with E-state index in [0.29, 0.717) is 24.8 Å². The fourth-order valence-corrected chi connectivity index (χ4v) is 4.40. The summed E-state index contributed by atoms with van der Waals surface area (Å²) in [6.07, 6.45) is 2.37. The van der Waals surface area contributed by atoms with Crippen LogP contribution in [0.4, 0.5) is 4.79 Å². The lowest BCUT2D eigenvalue weighted by Gasteiger charge is -2.26. The Morgan fingerprint density at radius 2 is 2.11 bits per heavy atom. The van der Waals surface area contributed by atoms with Crippen molar-refractivity contribution in [3.8, 4) is 0 Å². The second-order valence-corrected chi connectivity index (χ2v) is 10.00. The quantitative estimate of drug-likeness (QED) is 0.799. The van der Waals surface area contributed by atoms with E-state index < -0.39 is 16.6 Å². The molecule has 1 aromatic heterocycles. The number of nitrogens with zero attached hydrogens (tertiary/aromatic N) is 2. The van der Waals surface area contributed by atoms with Crippen molar-refractivity contribution in [2.75, 3.05) is 18.8 Å². The van der Waals surface area contributed by atoms with Crippen molar-refractivity contribution in [3.05, 3.63) is 29.6 Å². The molecular weight excluding hydrogens is 362 g/mol. The number of carbonyl (C=O) groups is 1. The summed E-state index contributed by atoms with van der Waals surface area (Å²) in [6.45, 7) is 12.9. The number of pyridine rings is 1. The zero-order chi connectivity index (χ0) is 20.2. The van der Waals surface area contributed by atoms with E-state index in [2.05, 4.69) is 23.6 Å². The number of nitrogens with one attached hydrogen (secondary N) is 1. The van der Waals surface area contributed by atoms with Gasteiger partial charge in [-0.25, -0.2) is 13.7 Å². The highest BCUT2D eigenvalue weighted by molar-refractivity contribution is 7.83. The van der Waals surface area contributed by atoms with Crippen LogP contribution in [-0.2, 0) is 15.7 Å². The van der Waals surface area contributed by atoms with E-state index in [-0.39, 0.29) is 18.1 Å². The van der Waals surface area contributed by atoms with Crippen molar-refractivity contribution >= 4 is 17.1 Å². The fraction of sp³-hybridized carbons (Fsp3) is 0.700. The minimum absolute atomic E-state index is 0.142. The van der Waals surface area contributed by atoms with Crippen LogP contribution >= 0.6 is 0 Å². The molecule has 27 heavy (non-hydrogen) atoms. The molecule has 1 fully saturated rings. The number of aromatic nitrogens is 1. The van der Waals surface area contributed by atoms with Gasteiger partial charge in [-0.3, -0.25) is 4.98 Å². The summed E-state index contributed by atoms with van der Waals surface area (Å²) in [5.74, 6) is 1.07. The molecule has 0 saturated carbocycles.